The summed E-state index contributed by atoms with van der Waals surface area (Å²) >= 11 is 0. The smallest absolute Gasteiger partial charge is 0.309 e. The second-order valence-electron chi connectivity index (χ2n) is 5.98. The Balaban J connectivity index is 1.86. The Morgan fingerprint density at radius 3 is 2.71 bits per heavy atom. The Bertz CT molecular complexity index is 635. The molecule has 0 saturated carbocycles. The van der Waals surface area contributed by atoms with Crippen LogP contribution in [0.3, 0.4) is 0 Å². The van der Waals surface area contributed by atoms with Crippen molar-refractivity contribution in [2.45, 2.75) is 32.6 Å². The third-order valence-electron chi connectivity index (χ3n) is 4.45. The van der Waals surface area contributed by atoms with Crippen LogP contribution in [0.25, 0.3) is 5.57 Å². The molecule has 0 amide bonds. The molecule has 1 heterocycles. The first-order valence-electron chi connectivity index (χ1n) is 8.57. The van der Waals surface area contributed by atoms with Gasteiger partial charge in [0.2, 0.25) is 5.75 Å². The first-order chi connectivity index (χ1) is 11.7. The largest absolute Gasteiger partial charge is 0.493 e. The van der Waals surface area contributed by atoms with Crippen molar-refractivity contribution >= 4 is 11.5 Å². The molecule has 1 aliphatic carbocycles. The topological polar surface area (TPSA) is 54.0 Å². The van der Waals surface area contributed by atoms with Crippen molar-refractivity contribution in [3.05, 3.63) is 23.8 Å². The van der Waals surface area contributed by atoms with E-state index in [1.54, 1.807) is 7.11 Å². The normalized spacial score (nSPS) is 19.9. The molecule has 0 aromatic heterocycles. The number of benzene rings is 1. The number of esters is 1. The highest BCUT2D eigenvalue weighted by Gasteiger charge is 2.26. The highest BCUT2D eigenvalue weighted by molar-refractivity contribution is 5.79. The number of methoxy groups -OCH3 is 1. The molecule has 5 heteroatoms. The Labute approximate surface area is 142 Å². The van der Waals surface area contributed by atoms with E-state index < -0.39 is 0 Å². The summed E-state index contributed by atoms with van der Waals surface area (Å²) in [5, 5.41) is 0. The first-order valence-corrected chi connectivity index (χ1v) is 8.57. The summed E-state index contributed by atoms with van der Waals surface area (Å²) in [4.78, 5) is 11.9. The van der Waals surface area contributed by atoms with Gasteiger partial charge in [0.05, 0.1) is 32.8 Å². The van der Waals surface area contributed by atoms with E-state index in [0.717, 1.165) is 30.6 Å². The molecule has 5 nitrogen and oxygen atoms in total. The number of fused-ring (bicyclic) bond motifs is 1. The highest BCUT2D eigenvalue weighted by Crippen LogP contribution is 2.46. The van der Waals surface area contributed by atoms with Crippen molar-refractivity contribution in [2.75, 3.05) is 26.9 Å². The van der Waals surface area contributed by atoms with Gasteiger partial charge in [0.25, 0.3) is 0 Å². The number of allylic oxidation sites excluding steroid dienone is 2. The van der Waals surface area contributed by atoms with E-state index >= 15 is 0 Å². The average Bonchev–Trinajstić information content (AvgIpc) is 2.87. The Kier molecular flexibility index (Phi) is 5.28. The van der Waals surface area contributed by atoms with E-state index in [1.165, 1.54) is 5.57 Å². The van der Waals surface area contributed by atoms with Crippen LogP contribution in [0.4, 0.5) is 0 Å². The molecule has 0 fully saturated rings. The minimum absolute atomic E-state index is 0.0391. The fourth-order valence-corrected chi connectivity index (χ4v) is 3.20. The van der Waals surface area contributed by atoms with E-state index in [1.807, 2.05) is 19.1 Å². The monoisotopic (exact) mass is 332 g/mol. The molecule has 0 saturated heterocycles. The van der Waals surface area contributed by atoms with Crippen LogP contribution in [0.1, 0.15) is 38.2 Å². The van der Waals surface area contributed by atoms with Crippen LogP contribution in [0.15, 0.2) is 18.2 Å². The highest BCUT2D eigenvalue weighted by atomic mass is 16.5. The van der Waals surface area contributed by atoms with Crippen LogP contribution in [-0.4, -0.2) is 32.9 Å². The minimum atomic E-state index is -0.0963. The zero-order valence-corrected chi connectivity index (χ0v) is 14.3. The molecule has 1 aromatic rings. The maximum Gasteiger partial charge on any atom is 0.309 e. The summed E-state index contributed by atoms with van der Waals surface area (Å²) in [6.07, 6.45) is 5.30. The molecule has 0 spiro atoms. The lowest BCUT2D eigenvalue weighted by molar-refractivity contribution is -0.148. The molecule has 0 N–H and O–H groups in total. The molecule has 0 bridgehead atoms. The summed E-state index contributed by atoms with van der Waals surface area (Å²) in [5.74, 6) is 1.99. The van der Waals surface area contributed by atoms with E-state index in [9.17, 15) is 4.79 Å². The molecule has 1 unspecified atom stereocenters. The zero-order chi connectivity index (χ0) is 16.9. The van der Waals surface area contributed by atoms with Gasteiger partial charge in [-0.15, -0.1) is 0 Å². The van der Waals surface area contributed by atoms with Crippen LogP contribution < -0.4 is 14.2 Å². The zero-order valence-electron chi connectivity index (χ0n) is 14.3. The van der Waals surface area contributed by atoms with Gasteiger partial charge in [-0.25, -0.2) is 0 Å². The fraction of sp³-hybridized carbons (Fsp3) is 0.526. The lowest BCUT2D eigenvalue weighted by atomic mass is 9.86. The maximum atomic E-state index is 11.9. The van der Waals surface area contributed by atoms with Gasteiger partial charge in [-0.1, -0.05) is 6.08 Å². The standard InChI is InChI=1S/C19H24O5/c1-3-22-19(20)14-7-5-13(6-8-14)15-9-10-16(21-2)18-17(15)23-11-4-12-24-18/h5,9-10,14H,3-4,6-8,11-12H2,1-2H3. The van der Waals surface area contributed by atoms with Crippen LogP contribution in [0, 0.1) is 5.92 Å². The van der Waals surface area contributed by atoms with E-state index in [2.05, 4.69) is 6.08 Å². The number of carbonyl (C=O) groups is 1. The SMILES string of the molecule is CCOC(=O)C1CC=C(c2ccc(OC)c3c2OCCCO3)CC1. The van der Waals surface area contributed by atoms with Crippen LogP contribution in [0.5, 0.6) is 17.2 Å². The summed E-state index contributed by atoms with van der Waals surface area (Å²) in [7, 11) is 1.63. The number of hydrogen-bond acceptors (Lipinski definition) is 5. The third-order valence-corrected chi connectivity index (χ3v) is 4.45. The predicted octanol–water partition coefficient (Wildman–Crippen LogP) is 3.60. The van der Waals surface area contributed by atoms with Gasteiger partial charge in [0.1, 0.15) is 0 Å². The molecular weight excluding hydrogens is 308 g/mol. The van der Waals surface area contributed by atoms with Gasteiger partial charge in [-0.3, -0.25) is 4.79 Å². The van der Waals surface area contributed by atoms with Crippen molar-refractivity contribution in [3.63, 3.8) is 0 Å². The van der Waals surface area contributed by atoms with Gasteiger partial charge < -0.3 is 18.9 Å². The van der Waals surface area contributed by atoms with E-state index in [-0.39, 0.29) is 11.9 Å². The van der Waals surface area contributed by atoms with Crippen molar-refractivity contribution in [2.24, 2.45) is 5.92 Å². The second-order valence-corrected chi connectivity index (χ2v) is 5.98. The lowest BCUT2D eigenvalue weighted by Gasteiger charge is -2.23. The van der Waals surface area contributed by atoms with Gasteiger partial charge in [0.15, 0.2) is 11.5 Å². The van der Waals surface area contributed by atoms with Crippen molar-refractivity contribution < 1.29 is 23.7 Å². The molecule has 24 heavy (non-hydrogen) atoms. The molecule has 1 aromatic carbocycles. The van der Waals surface area contributed by atoms with E-state index in [0.29, 0.717) is 37.7 Å². The molecule has 3 rings (SSSR count). The third kappa shape index (κ3) is 3.35. The Hall–Kier alpha value is -2.17. The second kappa shape index (κ2) is 7.60. The lowest BCUT2D eigenvalue weighted by Crippen LogP contribution is -2.19. The maximum absolute atomic E-state index is 11.9. The molecule has 130 valence electrons. The van der Waals surface area contributed by atoms with Crippen molar-refractivity contribution in [1.29, 1.82) is 0 Å². The summed E-state index contributed by atoms with van der Waals surface area (Å²) < 4.78 is 22.3. The predicted molar refractivity (Wildman–Crippen MR) is 90.6 cm³/mol. The quantitative estimate of drug-likeness (QED) is 0.789. The number of rotatable bonds is 4. The first kappa shape index (κ1) is 16.7. The Morgan fingerprint density at radius 1 is 1.25 bits per heavy atom. The summed E-state index contributed by atoms with van der Waals surface area (Å²) in [6, 6.07) is 3.93. The minimum Gasteiger partial charge on any atom is -0.493 e. The molecule has 0 radical (unpaired) electrons. The summed E-state index contributed by atoms with van der Waals surface area (Å²) in [6.45, 7) is 3.53. The van der Waals surface area contributed by atoms with Gasteiger partial charge >= 0.3 is 5.97 Å². The number of ether oxygens (including phenoxy) is 4. The van der Waals surface area contributed by atoms with Gasteiger partial charge in [-0.05, 0) is 43.9 Å². The fourth-order valence-electron chi connectivity index (χ4n) is 3.20. The van der Waals surface area contributed by atoms with Crippen LogP contribution in [0.2, 0.25) is 0 Å². The molecule has 1 atom stereocenters. The van der Waals surface area contributed by atoms with Crippen molar-refractivity contribution in [3.8, 4) is 17.2 Å². The van der Waals surface area contributed by atoms with Crippen molar-refractivity contribution in [1.82, 2.24) is 0 Å². The van der Waals surface area contributed by atoms with Gasteiger partial charge in [0, 0.05) is 12.0 Å². The van der Waals surface area contributed by atoms with Crippen LogP contribution in [-0.2, 0) is 9.53 Å². The average molecular weight is 332 g/mol. The number of hydrogen-bond donors (Lipinski definition) is 0. The molecular formula is C19H24O5. The Morgan fingerprint density at radius 2 is 2.04 bits per heavy atom. The van der Waals surface area contributed by atoms with E-state index in [4.69, 9.17) is 18.9 Å². The summed E-state index contributed by atoms with van der Waals surface area (Å²) in [5.41, 5.74) is 2.23. The molecule has 1 aliphatic heterocycles. The van der Waals surface area contributed by atoms with Gasteiger partial charge in [-0.2, -0.15) is 0 Å². The number of carbonyl (C=O) groups excluding carboxylic acids is 1. The van der Waals surface area contributed by atoms with Crippen LogP contribution >= 0.6 is 0 Å². The molecule has 2 aliphatic rings.